The monoisotopic (exact) mass is 441 g/mol. The molecule has 2 aromatic heterocycles. The Morgan fingerprint density at radius 3 is 2.76 bits per heavy atom. The van der Waals surface area contributed by atoms with Crippen molar-refractivity contribution in [3.8, 4) is 0 Å². The molecule has 3 aliphatic rings. The molecule has 0 fully saturated rings. The minimum atomic E-state index is -0.554. The highest BCUT2D eigenvalue weighted by Crippen LogP contribution is 2.41. The number of para-hydroxylation sites is 1. The van der Waals surface area contributed by atoms with Crippen molar-refractivity contribution in [1.82, 2.24) is 14.7 Å². The lowest BCUT2D eigenvalue weighted by Gasteiger charge is -2.27. The van der Waals surface area contributed by atoms with Crippen molar-refractivity contribution in [2.45, 2.75) is 26.3 Å². The first kappa shape index (κ1) is 19.6. The van der Waals surface area contributed by atoms with E-state index < -0.39 is 17.6 Å². The highest BCUT2D eigenvalue weighted by molar-refractivity contribution is 6.47. The van der Waals surface area contributed by atoms with Gasteiger partial charge in [0.1, 0.15) is 11.5 Å². The van der Waals surface area contributed by atoms with Crippen LogP contribution in [-0.2, 0) is 16.0 Å². The number of carbonyl (C=O) groups excluding carboxylic acids is 2. The summed E-state index contributed by atoms with van der Waals surface area (Å²) in [5.74, 6) is -1.14. The number of anilines is 1. The third-order valence-electron chi connectivity index (χ3n) is 6.51. The maximum absolute atomic E-state index is 14.0. The minimum Gasteiger partial charge on any atom is -0.342 e. The first-order valence-electron chi connectivity index (χ1n) is 10.8. The molecule has 0 saturated heterocycles. The van der Waals surface area contributed by atoms with Gasteiger partial charge in [0.15, 0.2) is 0 Å². The lowest BCUT2D eigenvalue weighted by Crippen LogP contribution is -2.32. The zero-order chi connectivity index (χ0) is 22.9. The second kappa shape index (κ2) is 6.96. The average Bonchev–Trinajstić information content (AvgIpc) is 3.40. The summed E-state index contributed by atoms with van der Waals surface area (Å²) >= 11 is 0. The summed E-state index contributed by atoms with van der Waals surface area (Å²) in [6, 6.07) is 9.07. The van der Waals surface area contributed by atoms with Crippen LogP contribution in [0.2, 0.25) is 0 Å². The summed E-state index contributed by atoms with van der Waals surface area (Å²) in [5.41, 5.74) is 4.50. The van der Waals surface area contributed by atoms with Crippen molar-refractivity contribution in [1.29, 1.82) is 0 Å². The number of rotatable bonds is 3. The Bertz CT molecular complexity index is 1460. The van der Waals surface area contributed by atoms with Gasteiger partial charge in [-0.05, 0) is 30.0 Å². The van der Waals surface area contributed by atoms with Crippen LogP contribution in [0, 0.1) is 11.7 Å². The highest BCUT2D eigenvalue weighted by Gasteiger charge is 2.40. The summed E-state index contributed by atoms with van der Waals surface area (Å²) < 4.78 is 15.5. The van der Waals surface area contributed by atoms with Gasteiger partial charge in [-0.2, -0.15) is 0 Å². The molecule has 3 aliphatic heterocycles. The second-order valence-electron chi connectivity index (χ2n) is 8.76. The van der Waals surface area contributed by atoms with Crippen LogP contribution in [0.5, 0.6) is 0 Å². The summed E-state index contributed by atoms with van der Waals surface area (Å²) in [5, 5.41) is 2.40. The van der Waals surface area contributed by atoms with E-state index in [9.17, 15) is 14.0 Å². The molecule has 1 N–H and O–H groups in total. The summed E-state index contributed by atoms with van der Waals surface area (Å²) in [6.45, 7) is 4.37. The molecule has 3 aromatic rings. The van der Waals surface area contributed by atoms with Gasteiger partial charge in [-0.15, -0.1) is 0 Å². The number of hydrogen-bond acceptors (Lipinski definition) is 5. The number of halogens is 1. The van der Waals surface area contributed by atoms with Crippen molar-refractivity contribution < 1.29 is 14.0 Å². The third kappa shape index (κ3) is 2.80. The number of pyridine rings is 1. The number of imide groups is 1. The summed E-state index contributed by atoms with van der Waals surface area (Å²) in [7, 11) is 0. The fourth-order valence-electron chi connectivity index (χ4n) is 5.00. The lowest BCUT2D eigenvalue weighted by atomic mass is 9.94. The largest absolute Gasteiger partial charge is 0.342 e. The maximum atomic E-state index is 14.0. The van der Waals surface area contributed by atoms with Crippen LogP contribution in [0.4, 0.5) is 10.1 Å². The van der Waals surface area contributed by atoms with Gasteiger partial charge < -0.3 is 4.90 Å². The van der Waals surface area contributed by atoms with Gasteiger partial charge >= 0.3 is 0 Å². The molecule has 1 atom stereocenters. The topological polar surface area (TPSA) is 79.1 Å². The molecule has 8 heteroatoms. The van der Waals surface area contributed by atoms with Gasteiger partial charge in [-0.1, -0.05) is 32.0 Å². The van der Waals surface area contributed by atoms with E-state index in [4.69, 9.17) is 0 Å². The quantitative estimate of drug-likeness (QED) is 0.633. The molecule has 0 bridgehead atoms. The lowest BCUT2D eigenvalue weighted by molar-refractivity contribution is -0.123. The molecule has 33 heavy (non-hydrogen) atoms. The molecule has 164 valence electrons. The zero-order valence-corrected chi connectivity index (χ0v) is 18.0. The molecule has 7 nitrogen and oxygen atoms in total. The number of nitrogens with one attached hydrogen (secondary N) is 1. The Morgan fingerprint density at radius 1 is 1.12 bits per heavy atom. The molecule has 1 aromatic carbocycles. The van der Waals surface area contributed by atoms with Crippen LogP contribution in [0.25, 0.3) is 11.2 Å². The minimum absolute atomic E-state index is 0.134. The van der Waals surface area contributed by atoms with E-state index in [-0.39, 0.29) is 17.2 Å². The Balaban J connectivity index is 1.60. The standard InChI is InChI=1S/C25H20FN5O2/c1-13(2)17-10-14-4-3-5-16-22(27-8-9-30(17)23(14)16)21-20(24(32)29-25(21)33)18-11-28-19-7-6-15(26)12-31(18)19/h3-9,11-13,17H,10H2,1-2H3,(H,29,32,33). The number of fused-ring (bicyclic) bond motifs is 1. The zero-order valence-electron chi connectivity index (χ0n) is 18.0. The predicted molar refractivity (Wildman–Crippen MR) is 122 cm³/mol. The summed E-state index contributed by atoms with van der Waals surface area (Å²) in [4.78, 5) is 37.1. The van der Waals surface area contributed by atoms with Crippen molar-refractivity contribution in [2.75, 3.05) is 4.90 Å². The first-order chi connectivity index (χ1) is 15.9. The smallest absolute Gasteiger partial charge is 0.261 e. The van der Waals surface area contributed by atoms with Gasteiger partial charge in [0, 0.05) is 30.2 Å². The van der Waals surface area contributed by atoms with Crippen molar-refractivity contribution >= 4 is 34.4 Å². The normalized spacial score (nSPS) is 19.5. The van der Waals surface area contributed by atoms with E-state index in [1.807, 2.05) is 18.3 Å². The number of amides is 2. The van der Waals surface area contributed by atoms with Gasteiger partial charge in [-0.25, -0.2) is 9.37 Å². The molecule has 2 amide bonds. The highest BCUT2D eigenvalue weighted by atomic mass is 19.1. The van der Waals surface area contributed by atoms with E-state index in [1.54, 1.807) is 6.20 Å². The molecule has 0 spiro atoms. The molecule has 0 aliphatic carbocycles. The Kier molecular flexibility index (Phi) is 4.14. The first-order valence-corrected chi connectivity index (χ1v) is 10.8. The number of benzene rings is 1. The van der Waals surface area contributed by atoms with Gasteiger partial charge in [0.05, 0.1) is 34.4 Å². The number of aromatic nitrogens is 2. The van der Waals surface area contributed by atoms with Crippen molar-refractivity contribution in [3.63, 3.8) is 0 Å². The molecular weight excluding hydrogens is 421 g/mol. The Labute approximate surface area is 189 Å². The maximum Gasteiger partial charge on any atom is 0.261 e. The van der Waals surface area contributed by atoms with Crippen LogP contribution in [-0.4, -0.2) is 33.0 Å². The SMILES string of the molecule is CC(C)C1Cc2cccc3c2N1C=CN=C3C1=C(c2cnc3ccc(F)cn23)C(=O)NC1=O. The molecule has 1 unspecified atom stereocenters. The van der Waals surface area contributed by atoms with E-state index in [1.165, 1.54) is 34.5 Å². The van der Waals surface area contributed by atoms with Crippen LogP contribution in [0.3, 0.4) is 0 Å². The number of nitrogens with zero attached hydrogens (tertiary/aromatic N) is 4. The van der Waals surface area contributed by atoms with Gasteiger partial charge in [0.2, 0.25) is 0 Å². The summed E-state index contributed by atoms with van der Waals surface area (Å²) in [6.07, 6.45) is 7.23. The van der Waals surface area contributed by atoms with Crippen LogP contribution >= 0.6 is 0 Å². The van der Waals surface area contributed by atoms with E-state index in [0.717, 1.165) is 17.7 Å². The van der Waals surface area contributed by atoms with E-state index in [0.29, 0.717) is 23.0 Å². The number of aliphatic imine (C=N–C) groups is 1. The van der Waals surface area contributed by atoms with Crippen molar-refractivity contribution in [2.24, 2.45) is 10.9 Å². The molecular formula is C25H20FN5O2. The van der Waals surface area contributed by atoms with E-state index >= 15 is 0 Å². The molecule has 5 heterocycles. The number of hydrogen-bond donors (Lipinski definition) is 1. The Hall–Kier alpha value is -4.07. The van der Waals surface area contributed by atoms with Gasteiger partial charge in [0.25, 0.3) is 11.8 Å². The van der Waals surface area contributed by atoms with Crippen molar-refractivity contribution in [3.05, 3.63) is 83.3 Å². The predicted octanol–water partition coefficient (Wildman–Crippen LogP) is 3.24. The number of imidazole rings is 1. The number of carbonyl (C=O) groups is 2. The third-order valence-corrected chi connectivity index (χ3v) is 6.51. The molecule has 0 saturated carbocycles. The van der Waals surface area contributed by atoms with Gasteiger partial charge in [-0.3, -0.25) is 24.3 Å². The Morgan fingerprint density at radius 2 is 1.94 bits per heavy atom. The van der Waals surface area contributed by atoms with E-state index in [2.05, 4.69) is 40.1 Å². The molecule has 0 radical (unpaired) electrons. The van der Waals surface area contributed by atoms with Crippen LogP contribution < -0.4 is 10.2 Å². The van der Waals surface area contributed by atoms with Crippen LogP contribution in [0.1, 0.15) is 30.7 Å². The second-order valence-corrected chi connectivity index (χ2v) is 8.76. The fraction of sp³-hybridized carbons (Fsp3) is 0.200. The fourth-order valence-corrected chi connectivity index (χ4v) is 5.00. The molecule has 6 rings (SSSR count). The average molecular weight is 441 g/mol. The van der Waals surface area contributed by atoms with Crippen LogP contribution in [0.15, 0.2) is 65.7 Å².